The number of hydrogen-bond acceptors (Lipinski definition) is 3. The van der Waals surface area contributed by atoms with Crippen LogP contribution >= 0.6 is 0 Å². The number of aliphatic carboxylic acids is 1. The Kier molecular flexibility index (Phi) is 3.48. The predicted octanol–water partition coefficient (Wildman–Crippen LogP) is 1.12. The van der Waals surface area contributed by atoms with Gasteiger partial charge < -0.3 is 14.7 Å². The van der Waals surface area contributed by atoms with Crippen molar-refractivity contribution >= 4 is 11.9 Å². The fraction of sp³-hybridized carbons (Fsp3) is 0.857. The third-order valence-electron chi connectivity index (χ3n) is 4.44. The smallest absolute Gasteiger partial charge is 0.307 e. The summed E-state index contributed by atoms with van der Waals surface area (Å²) in [7, 11) is 0. The molecule has 0 aromatic heterocycles. The van der Waals surface area contributed by atoms with Gasteiger partial charge in [-0.2, -0.15) is 0 Å². The lowest BCUT2D eigenvalue weighted by molar-refractivity contribution is -0.142. The van der Waals surface area contributed by atoms with E-state index in [0.29, 0.717) is 12.5 Å². The van der Waals surface area contributed by atoms with Crippen LogP contribution in [0.5, 0.6) is 0 Å². The van der Waals surface area contributed by atoms with E-state index in [4.69, 9.17) is 9.84 Å². The monoisotopic (exact) mass is 267 g/mol. The van der Waals surface area contributed by atoms with Crippen molar-refractivity contribution in [3.8, 4) is 0 Å². The average Bonchev–Trinajstić information content (AvgIpc) is 3.29. The Morgan fingerprint density at radius 2 is 1.79 bits per heavy atom. The Morgan fingerprint density at radius 1 is 1.11 bits per heavy atom. The van der Waals surface area contributed by atoms with Gasteiger partial charge in [-0.05, 0) is 38.0 Å². The molecule has 0 aromatic rings. The molecule has 106 valence electrons. The maximum atomic E-state index is 12.1. The fourth-order valence-corrected chi connectivity index (χ4v) is 2.77. The number of ether oxygens (including phenoxy) is 1. The van der Waals surface area contributed by atoms with Crippen molar-refractivity contribution < 1.29 is 19.4 Å². The van der Waals surface area contributed by atoms with E-state index in [2.05, 4.69) is 0 Å². The Morgan fingerprint density at radius 3 is 2.32 bits per heavy atom. The van der Waals surface area contributed by atoms with Crippen LogP contribution in [0.25, 0.3) is 0 Å². The summed E-state index contributed by atoms with van der Waals surface area (Å²) in [6.07, 6.45) is 5.20. The van der Waals surface area contributed by atoms with Gasteiger partial charge in [0.1, 0.15) is 0 Å². The molecule has 0 radical (unpaired) electrons. The minimum Gasteiger partial charge on any atom is -0.481 e. The van der Waals surface area contributed by atoms with Crippen LogP contribution in [0.1, 0.15) is 32.1 Å². The van der Waals surface area contributed by atoms with Crippen LogP contribution in [0.15, 0.2) is 0 Å². The number of carboxylic acids is 1. The molecule has 1 heterocycles. The number of rotatable bonds is 5. The summed E-state index contributed by atoms with van der Waals surface area (Å²) in [5, 5.41) is 8.85. The Hall–Kier alpha value is -1.10. The molecule has 3 aliphatic rings. The van der Waals surface area contributed by atoms with Crippen LogP contribution in [0.2, 0.25) is 0 Å². The quantitative estimate of drug-likeness (QED) is 0.810. The number of hydrogen-bond donors (Lipinski definition) is 1. The van der Waals surface area contributed by atoms with Gasteiger partial charge in [0.2, 0.25) is 5.91 Å². The lowest BCUT2D eigenvalue weighted by Gasteiger charge is -2.32. The van der Waals surface area contributed by atoms with Crippen molar-refractivity contribution in [3.05, 3.63) is 0 Å². The van der Waals surface area contributed by atoms with Gasteiger partial charge in [0.05, 0.1) is 17.9 Å². The second-order valence-corrected chi connectivity index (χ2v) is 6.09. The van der Waals surface area contributed by atoms with Gasteiger partial charge >= 0.3 is 5.97 Å². The Labute approximate surface area is 112 Å². The zero-order valence-electron chi connectivity index (χ0n) is 11.1. The minimum absolute atomic E-state index is 0.0352. The molecule has 1 aliphatic heterocycles. The van der Waals surface area contributed by atoms with Crippen LogP contribution in [0.3, 0.4) is 0 Å². The molecule has 5 heteroatoms. The highest BCUT2D eigenvalue weighted by Crippen LogP contribution is 2.40. The van der Waals surface area contributed by atoms with E-state index in [9.17, 15) is 9.59 Å². The highest BCUT2D eigenvalue weighted by molar-refractivity contribution is 5.89. The van der Waals surface area contributed by atoms with Crippen molar-refractivity contribution in [2.45, 2.75) is 38.2 Å². The molecule has 2 unspecified atom stereocenters. The molecular weight excluding hydrogens is 246 g/mol. The normalized spacial score (nSPS) is 31.3. The highest BCUT2D eigenvalue weighted by atomic mass is 16.5. The molecule has 19 heavy (non-hydrogen) atoms. The third-order valence-corrected chi connectivity index (χ3v) is 4.44. The number of carbonyl (C=O) groups excluding carboxylic acids is 1. The van der Waals surface area contributed by atoms with Gasteiger partial charge in [-0.15, -0.1) is 0 Å². The largest absolute Gasteiger partial charge is 0.481 e. The van der Waals surface area contributed by atoms with E-state index in [-0.39, 0.29) is 11.8 Å². The lowest BCUT2D eigenvalue weighted by atomic mass is 10.1. The first kappa shape index (κ1) is 12.9. The standard InChI is InChI=1S/C14H21NO4/c16-13(11-7-12(11)14(17)18)15-5-3-10(4-6-15)19-8-9-1-2-9/h9-12H,1-8H2,(H,17,18). The zero-order valence-corrected chi connectivity index (χ0v) is 11.1. The summed E-state index contributed by atoms with van der Waals surface area (Å²) in [5.74, 6) is -0.714. The lowest BCUT2D eigenvalue weighted by Crippen LogP contribution is -2.42. The first-order valence-electron chi connectivity index (χ1n) is 7.28. The van der Waals surface area contributed by atoms with E-state index >= 15 is 0 Å². The van der Waals surface area contributed by atoms with Crippen LogP contribution < -0.4 is 0 Å². The summed E-state index contributed by atoms with van der Waals surface area (Å²) in [6, 6.07) is 0. The van der Waals surface area contributed by atoms with Gasteiger partial charge in [-0.1, -0.05) is 0 Å². The molecule has 3 fully saturated rings. The van der Waals surface area contributed by atoms with Crippen LogP contribution in [-0.4, -0.2) is 47.7 Å². The van der Waals surface area contributed by atoms with Crippen LogP contribution in [0.4, 0.5) is 0 Å². The molecule has 0 aromatic carbocycles. The SMILES string of the molecule is O=C(O)C1CC1C(=O)N1CCC(OCC2CC2)CC1. The van der Waals surface area contributed by atoms with Crippen LogP contribution in [-0.2, 0) is 14.3 Å². The molecule has 5 nitrogen and oxygen atoms in total. The molecule has 1 saturated heterocycles. The summed E-state index contributed by atoms with van der Waals surface area (Å²) in [6.45, 7) is 2.32. The molecule has 2 atom stereocenters. The molecule has 3 rings (SSSR count). The van der Waals surface area contributed by atoms with Crippen molar-refractivity contribution in [1.29, 1.82) is 0 Å². The minimum atomic E-state index is -0.832. The third kappa shape index (κ3) is 3.08. The number of nitrogens with zero attached hydrogens (tertiary/aromatic N) is 1. The molecule has 2 aliphatic carbocycles. The van der Waals surface area contributed by atoms with E-state index < -0.39 is 11.9 Å². The summed E-state index contributed by atoms with van der Waals surface area (Å²) < 4.78 is 5.84. The molecular formula is C14H21NO4. The van der Waals surface area contributed by atoms with Gasteiger partial charge in [0.15, 0.2) is 0 Å². The van der Waals surface area contributed by atoms with Gasteiger partial charge in [-0.25, -0.2) is 0 Å². The molecule has 0 bridgehead atoms. The molecule has 1 amide bonds. The summed E-state index contributed by atoms with van der Waals surface area (Å²) in [4.78, 5) is 24.7. The topological polar surface area (TPSA) is 66.8 Å². The van der Waals surface area contributed by atoms with Gasteiger partial charge in [-0.3, -0.25) is 9.59 Å². The average molecular weight is 267 g/mol. The summed E-state index contributed by atoms with van der Waals surface area (Å²) in [5.41, 5.74) is 0. The van der Waals surface area contributed by atoms with Gasteiger partial charge in [0.25, 0.3) is 0 Å². The van der Waals surface area contributed by atoms with E-state index in [1.165, 1.54) is 12.8 Å². The van der Waals surface area contributed by atoms with Crippen molar-refractivity contribution in [3.63, 3.8) is 0 Å². The molecule has 0 spiro atoms. The number of carbonyl (C=O) groups is 2. The van der Waals surface area contributed by atoms with Gasteiger partial charge in [0, 0.05) is 19.7 Å². The van der Waals surface area contributed by atoms with Crippen molar-refractivity contribution in [2.24, 2.45) is 17.8 Å². The summed E-state index contributed by atoms with van der Waals surface area (Å²) >= 11 is 0. The van der Waals surface area contributed by atoms with Crippen molar-refractivity contribution in [2.75, 3.05) is 19.7 Å². The fourth-order valence-electron chi connectivity index (χ4n) is 2.77. The molecule has 2 saturated carbocycles. The highest BCUT2D eigenvalue weighted by Gasteiger charge is 2.50. The maximum Gasteiger partial charge on any atom is 0.307 e. The van der Waals surface area contributed by atoms with E-state index in [1.54, 1.807) is 0 Å². The predicted molar refractivity (Wildman–Crippen MR) is 67.5 cm³/mol. The second kappa shape index (κ2) is 5.12. The number of likely N-dealkylation sites (tertiary alicyclic amines) is 1. The number of amides is 1. The first-order chi connectivity index (χ1) is 9.15. The van der Waals surface area contributed by atoms with E-state index in [1.807, 2.05) is 4.90 Å². The van der Waals surface area contributed by atoms with Crippen molar-refractivity contribution in [1.82, 2.24) is 4.90 Å². The Bertz CT molecular complexity index is 372. The molecule has 1 N–H and O–H groups in total. The van der Waals surface area contributed by atoms with Crippen LogP contribution in [0, 0.1) is 17.8 Å². The maximum absolute atomic E-state index is 12.1. The number of carboxylic acid groups (broad SMARTS) is 1. The number of piperidine rings is 1. The van der Waals surface area contributed by atoms with E-state index in [0.717, 1.165) is 38.5 Å². The second-order valence-electron chi connectivity index (χ2n) is 6.09. The Balaban J connectivity index is 1.39. The zero-order chi connectivity index (χ0) is 13.4. The first-order valence-corrected chi connectivity index (χ1v) is 7.28.